The highest BCUT2D eigenvalue weighted by molar-refractivity contribution is 6.40. The van der Waals surface area contributed by atoms with Gasteiger partial charge in [-0.25, -0.2) is 4.68 Å². The average Bonchev–Trinajstić information content (AvgIpc) is 3.40. The summed E-state index contributed by atoms with van der Waals surface area (Å²) in [6.07, 6.45) is 13.8. The van der Waals surface area contributed by atoms with Gasteiger partial charge in [0.25, 0.3) is 0 Å². The number of rotatable bonds is 18. The number of nitrogens with zero attached hydrogens (tertiary/aromatic N) is 3. The molecule has 0 unspecified atom stereocenters. The van der Waals surface area contributed by atoms with Crippen molar-refractivity contribution in [1.29, 1.82) is 0 Å². The zero-order valence-electron chi connectivity index (χ0n) is 28.6. The van der Waals surface area contributed by atoms with Crippen LogP contribution < -0.4 is 16.2 Å². The van der Waals surface area contributed by atoms with E-state index in [0.29, 0.717) is 33.5 Å². The summed E-state index contributed by atoms with van der Waals surface area (Å²) >= 11 is 25.8. The van der Waals surface area contributed by atoms with Crippen molar-refractivity contribution in [2.24, 2.45) is 10.2 Å². The van der Waals surface area contributed by atoms with Crippen molar-refractivity contribution in [1.82, 2.24) is 9.78 Å². The number of hydrogen-bond acceptors (Lipinski definition) is 5. The molecule has 8 nitrogen and oxygen atoms in total. The molecule has 0 bridgehead atoms. The van der Waals surface area contributed by atoms with Gasteiger partial charge >= 0.3 is 5.56 Å². The number of unbranched alkanes of at least 4 members (excludes halogenated alkanes) is 10. The molecule has 51 heavy (non-hydrogen) atoms. The summed E-state index contributed by atoms with van der Waals surface area (Å²) in [5.74, 6) is 0.104. The molecule has 3 N–H and O–H groups in total. The van der Waals surface area contributed by atoms with Gasteiger partial charge in [-0.05, 0) is 48.2 Å². The molecular weight excluding hydrogens is 726 g/mol. The highest BCUT2D eigenvalue weighted by atomic mass is 35.5. The summed E-state index contributed by atoms with van der Waals surface area (Å²) in [7, 11) is 0. The first-order valence-corrected chi connectivity index (χ1v) is 19.0. The number of aromatic amines is 1. The standard InChI is InChI=1S/C39H42Cl4N6O2/c1-2-3-4-5-6-7-8-9-10-11-12-20-35(50)44-28-21-22-30(41)34(25-28)45-38-36(47-46-33-19-15-17-26-16-13-14-18-29(26)33)39(51)49(48-38)37-31(42)23-27(40)24-32(37)43/h13-19,21-25,45,48H,2-12,20H2,1H3,(H,44,50)/b47-46+. The Labute approximate surface area is 318 Å². The van der Waals surface area contributed by atoms with Gasteiger partial charge in [-0.3, -0.25) is 14.7 Å². The van der Waals surface area contributed by atoms with Crippen LogP contribution in [0.25, 0.3) is 16.5 Å². The molecule has 1 aromatic heterocycles. The molecule has 5 aromatic rings. The molecule has 0 atom stereocenters. The maximum atomic E-state index is 13.9. The van der Waals surface area contributed by atoms with Gasteiger partial charge in [-0.15, -0.1) is 10.2 Å². The number of anilines is 3. The quantitative estimate of drug-likeness (QED) is 0.0611. The van der Waals surface area contributed by atoms with Crippen LogP contribution in [0.5, 0.6) is 0 Å². The second-order valence-electron chi connectivity index (χ2n) is 12.5. The van der Waals surface area contributed by atoms with E-state index in [1.807, 2.05) is 42.5 Å². The molecule has 0 aliphatic carbocycles. The lowest BCUT2D eigenvalue weighted by atomic mass is 10.1. The Hall–Kier alpha value is -3.82. The minimum Gasteiger partial charge on any atom is -0.337 e. The summed E-state index contributed by atoms with van der Waals surface area (Å²) < 4.78 is 1.17. The molecule has 0 saturated carbocycles. The molecule has 0 fully saturated rings. The van der Waals surface area contributed by atoms with Gasteiger partial charge < -0.3 is 10.6 Å². The van der Waals surface area contributed by atoms with Crippen molar-refractivity contribution >= 4 is 91.7 Å². The number of carbonyl (C=O) groups is 1. The maximum absolute atomic E-state index is 13.9. The first-order valence-electron chi connectivity index (χ1n) is 17.5. The minimum atomic E-state index is -0.569. The van der Waals surface area contributed by atoms with Crippen LogP contribution in [0.2, 0.25) is 20.1 Å². The van der Waals surface area contributed by atoms with Crippen molar-refractivity contribution in [2.45, 2.75) is 84.0 Å². The Morgan fingerprint density at radius 3 is 2.10 bits per heavy atom. The van der Waals surface area contributed by atoms with Crippen LogP contribution in [0.15, 0.2) is 87.8 Å². The van der Waals surface area contributed by atoms with E-state index in [1.165, 1.54) is 68.2 Å². The van der Waals surface area contributed by atoms with Crippen molar-refractivity contribution in [3.8, 4) is 5.69 Å². The molecule has 1 amide bonds. The second kappa shape index (κ2) is 19.1. The number of fused-ring (bicyclic) bond motifs is 1. The first-order chi connectivity index (χ1) is 24.7. The van der Waals surface area contributed by atoms with Crippen LogP contribution in [0, 0.1) is 0 Å². The molecule has 0 aliphatic rings. The normalized spacial score (nSPS) is 11.5. The molecule has 0 aliphatic heterocycles. The molecular formula is C39H42Cl4N6O2. The molecule has 0 saturated heterocycles. The van der Waals surface area contributed by atoms with E-state index < -0.39 is 5.56 Å². The summed E-state index contributed by atoms with van der Waals surface area (Å²) in [5.41, 5.74) is 1.13. The lowest BCUT2D eigenvalue weighted by Crippen LogP contribution is -2.15. The van der Waals surface area contributed by atoms with E-state index in [9.17, 15) is 9.59 Å². The SMILES string of the molecule is CCCCCCCCCCCCCC(=O)Nc1ccc(Cl)c(Nc2[nH]n(-c3c(Cl)cc(Cl)cc3Cl)c(=O)c2/N=N/c2cccc3ccccc23)c1. The zero-order valence-corrected chi connectivity index (χ0v) is 31.6. The van der Waals surface area contributed by atoms with Gasteiger partial charge in [-0.1, -0.05) is 154 Å². The fourth-order valence-electron chi connectivity index (χ4n) is 5.92. The Morgan fingerprint density at radius 2 is 1.39 bits per heavy atom. The molecule has 4 aromatic carbocycles. The number of carbonyl (C=O) groups excluding carboxylic acids is 1. The average molecular weight is 769 g/mol. The summed E-state index contributed by atoms with van der Waals surface area (Å²) in [4.78, 5) is 26.7. The Balaban J connectivity index is 1.31. The smallest absolute Gasteiger partial charge is 0.301 e. The van der Waals surface area contributed by atoms with Gasteiger partial charge in [0.05, 0.1) is 26.4 Å². The Morgan fingerprint density at radius 1 is 0.745 bits per heavy atom. The predicted octanol–water partition coefficient (Wildman–Crippen LogP) is 13.7. The minimum absolute atomic E-state index is 0.0491. The van der Waals surface area contributed by atoms with Crippen LogP contribution in [-0.2, 0) is 4.79 Å². The van der Waals surface area contributed by atoms with Crippen molar-refractivity contribution in [3.05, 3.63) is 103 Å². The van der Waals surface area contributed by atoms with E-state index in [4.69, 9.17) is 46.4 Å². The number of aromatic nitrogens is 2. The number of azo groups is 1. The number of H-pyrrole nitrogens is 1. The first kappa shape index (κ1) is 38.4. The third-order valence-electron chi connectivity index (χ3n) is 8.61. The number of benzene rings is 4. The lowest BCUT2D eigenvalue weighted by Gasteiger charge is -2.11. The molecule has 268 valence electrons. The number of amides is 1. The second-order valence-corrected chi connectivity index (χ2v) is 14.2. The molecule has 5 rings (SSSR count). The molecule has 0 spiro atoms. The molecule has 0 radical (unpaired) electrons. The number of nitrogens with one attached hydrogen (secondary N) is 3. The van der Waals surface area contributed by atoms with Crippen LogP contribution >= 0.6 is 46.4 Å². The largest absolute Gasteiger partial charge is 0.337 e. The van der Waals surface area contributed by atoms with Crippen molar-refractivity contribution in [2.75, 3.05) is 10.6 Å². The Kier molecular flexibility index (Phi) is 14.4. The van der Waals surface area contributed by atoms with Crippen molar-refractivity contribution < 1.29 is 4.79 Å². The van der Waals surface area contributed by atoms with E-state index >= 15 is 0 Å². The van der Waals surface area contributed by atoms with E-state index in [0.717, 1.165) is 30.0 Å². The maximum Gasteiger partial charge on any atom is 0.301 e. The molecule has 1 heterocycles. The fraction of sp³-hybridized carbons (Fsp3) is 0.333. The topological polar surface area (TPSA) is 104 Å². The van der Waals surface area contributed by atoms with Gasteiger partial charge in [0.2, 0.25) is 5.91 Å². The summed E-state index contributed by atoms with van der Waals surface area (Å²) in [6.45, 7) is 2.24. The third kappa shape index (κ3) is 10.6. The zero-order chi connectivity index (χ0) is 36.2. The lowest BCUT2D eigenvalue weighted by molar-refractivity contribution is -0.116. The number of hydrogen-bond donors (Lipinski definition) is 3. The van der Waals surface area contributed by atoms with Crippen LogP contribution in [-0.4, -0.2) is 15.7 Å². The van der Waals surface area contributed by atoms with Crippen molar-refractivity contribution in [3.63, 3.8) is 0 Å². The molecule has 12 heteroatoms. The van der Waals surface area contributed by atoms with E-state index in [-0.39, 0.29) is 33.1 Å². The van der Waals surface area contributed by atoms with Crippen LogP contribution in [0.3, 0.4) is 0 Å². The summed E-state index contributed by atoms with van der Waals surface area (Å²) in [5, 5.41) is 20.8. The highest BCUT2D eigenvalue weighted by Crippen LogP contribution is 2.36. The van der Waals surface area contributed by atoms with Gasteiger partial charge in [0, 0.05) is 22.5 Å². The van der Waals surface area contributed by atoms with Gasteiger partial charge in [-0.2, -0.15) is 0 Å². The fourth-order valence-corrected chi connectivity index (χ4v) is 7.07. The Bertz CT molecular complexity index is 2010. The van der Waals surface area contributed by atoms with E-state index in [2.05, 4.69) is 32.9 Å². The van der Waals surface area contributed by atoms with Crippen LogP contribution in [0.4, 0.5) is 28.6 Å². The predicted molar refractivity (Wildman–Crippen MR) is 214 cm³/mol. The van der Waals surface area contributed by atoms with Gasteiger partial charge in [0.1, 0.15) is 5.69 Å². The van der Waals surface area contributed by atoms with Gasteiger partial charge in [0.15, 0.2) is 11.5 Å². The summed E-state index contributed by atoms with van der Waals surface area (Å²) in [6, 6.07) is 21.5. The highest BCUT2D eigenvalue weighted by Gasteiger charge is 2.21. The van der Waals surface area contributed by atoms with E-state index in [1.54, 1.807) is 18.2 Å². The number of halogens is 4. The monoisotopic (exact) mass is 766 g/mol. The third-order valence-corrected chi connectivity index (χ3v) is 9.74. The van der Waals surface area contributed by atoms with Crippen LogP contribution in [0.1, 0.15) is 84.0 Å².